The summed E-state index contributed by atoms with van der Waals surface area (Å²) < 4.78 is 67.2. The van der Waals surface area contributed by atoms with Crippen LogP contribution >= 0.6 is 0 Å². The SMILES string of the molecule is O=S(=O)(Oc1cccc(F)c1)c1cc(F)ccc1F. The molecule has 0 radical (unpaired) electrons. The van der Waals surface area contributed by atoms with E-state index in [1.165, 1.54) is 12.1 Å². The Morgan fingerprint density at radius 2 is 1.58 bits per heavy atom. The normalized spacial score (nSPS) is 11.3. The number of rotatable bonds is 3. The van der Waals surface area contributed by atoms with E-state index in [1.807, 2.05) is 0 Å². The van der Waals surface area contributed by atoms with Crippen molar-refractivity contribution in [1.29, 1.82) is 0 Å². The summed E-state index contributed by atoms with van der Waals surface area (Å²) in [5.41, 5.74) is 0. The van der Waals surface area contributed by atoms with E-state index >= 15 is 0 Å². The fraction of sp³-hybridized carbons (Fsp3) is 0. The Morgan fingerprint density at radius 1 is 0.895 bits per heavy atom. The van der Waals surface area contributed by atoms with E-state index in [4.69, 9.17) is 0 Å². The van der Waals surface area contributed by atoms with Crippen LogP contribution in [0.5, 0.6) is 5.75 Å². The lowest BCUT2D eigenvalue weighted by atomic mass is 10.3. The van der Waals surface area contributed by atoms with E-state index < -0.39 is 32.5 Å². The van der Waals surface area contributed by atoms with Gasteiger partial charge in [-0.2, -0.15) is 8.42 Å². The standard InChI is InChI=1S/C12H7F3O3S/c13-8-2-1-3-10(6-8)18-19(16,17)12-7-9(14)4-5-11(12)15/h1-7H. The average Bonchev–Trinajstić information content (AvgIpc) is 2.31. The molecule has 0 saturated carbocycles. The number of hydrogen-bond acceptors (Lipinski definition) is 3. The van der Waals surface area contributed by atoms with E-state index in [0.29, 0.717) is 12.1 Å². The molecule has 0 aromatic heterocycles. The Balaban J connectivity index is 2.40. The van der Waals surface area contributed by atoms with Crippen LogP contribution in [0.2, 0.25) is 0 Å². The molecule has 100 valence electrons. The molecule has 0 aliphatic rings. The van der Waals surface area contributed by atoms with E-state index in [-0.39, 0.29) is 5.75 Å². The van der Waals surface area contributed by atoms with E-state index in [1.54, 1.807) is 0 Å². The van der Waals surface area contributed by atoms with Crippen LogP contribution in [-0.2, 0) is 10.1 Å². The predicted octanol–water partition coefficient (Wildman–Crippen LogP) is 2.87. The van der Waals surface area contributed by atoms with Crippen molar-refractivity contribution in [3.8, 4) is 5.75 Å². The highest BCUT2D eigenvalue weighted by atomic mass is 32.2. The van der Waals surface area contributed by atoms with E-state index in [0.717, 1.165) is 18.2 Å². The van der Waals surface area contributed by atoms with Gasteiger partial charge >= 0.3 is 10.1 Å². The van der Waals surface area contributed by atoms with Crippen LogP contribution in [0.25, 0.3) is 0 Å². The highest BCUT2D eigenvalue weighted by Gasteiger charge is 2.22. The maximum atomic E-state index is 13.3. The van der Waals surface area contributed by atoms with Crippen molar-refractivity contribution in [3.63, 3.8) is 0 Å². The van der Waals surface area contributed by atoms with Crippen LogP contribution in [0.3, 0.4) is 0 Å². The van der Waals surface area contributed by atoms with Crippen LogP contribution in [0.1, 0.15) is 0 Å². The Bertz CT molecular complexity index is 714. The fourth-order valence-corrected chi connectivity index (χ4v) is 2.37. The van der Waals surface area contributed by atoms with Crippen molar-refractivity contribution in [3.05, 3.63) is 59.9 Å². The molecular formula is C12H7F3O3S. The van der Waals surface area contributed by atoms with E-state index in [9.17, 15) is 21.6 Å². The molecule has 0 N–H and O–H groups in total. The molecular weight excluding hydrogens is 281 g/mol. The minimum Gasteiger partial charge on any atom is -0.379 e. The molecule has 0 unspecified atom stereocenters. The third-order valence-electron chi connectivity index (χ3n) is 2.16. The van der Waals surface area contributed by atoms with Crippen LogP contribution < -0.4 is 4.18 Å². The first kappa shape index (κ1) is 13.4. The molecule has 0 heterocycles. The lowest BCUT2D eigenvalue weighted by molar-refractivity contribution is 0.471. The lowest BCUT2D eigenvalue weighted by Gasteiger charge is -2.07. The number of halogens is 3. The monoisotopic (exact) mass is 288 g/mol. The molecule has 2 aromatic carbocycles. The van der Waals surface area contributed by atoms with Gasteiger partial charge in [0.2, 0.25) is 0 Å². The second kappa shape index (κ2) is 4.93. The first-order chi connectivity index (χ1) is 8.88. The molecule has 0 bridgehead atoms. The zero-order valence-electron chi connectivity index (χ0n) is 9.31. The van der Waals surface area contributed by atoms with Crippen LogP contribution in [0.15, 0.2) is 47.4 Å². The second-order valence-corrected chi connectivity index (χ2v) is 5.08. The molecule has 0 aliphatic carbocycles. The van der Waals surface area contributed by atoms with Crippen molar-refractivity contribution in [2.75, 3.05) is 0 Å². The Hall–Kier alpha value is -2.02. The summed E-state index contributed by atoms with van der Waals surface area (Å²) in [6.07, 6.45) is 0. The van der Waals surface area contributed by atoms with Crippen molar-refractivity contribution in [2.24, 2.45) is 0 Å². The van der Waals surface area contributed by atoms with Gasteiger partial charge in [-0.25, -0.2) is 13.2 Å². The summed E-state index contributed by atoms with van der Waals surface area (Å²) in [5.74, 6) is -3.13. The highest BCUT2D eigenvalue weighted by Crippen LogP contribution is 2.22. The van der Waals surface area contributed by atoms with Crippen molar-refractivity contribution >= 4 is 10.1 Å². The van der Waals surface area contributed by atoms with Crippen LogP contribution in [-0.4, -0.2) is 8.42 Å². The molecule has 0 saturated heterocycles. The number of benzene rings is 2. The highest BCUT2D eigenvalue weighted by molar-refractivity contribution is 7.87. The molecule has 0 atom stereocenters. The minimum absolute atomic E-state index is 0.330. The largest absolute Gasteiger partial charge is 0.379 e. The Labute approximate surface area is 107 Å². The summed E-state index contributed by atoms with van der Waals surface area (Å²) in [6.45, 7) is 0. The topological polar surface area (TPSA) is 43.4 Å². The average molecular weight is 288 g/mol. The van der Waals surface area contributed by atoms with Crippen LogP contribution in [0, 0.1) is 17.5 Å². The Kier molecular flexibility index (Phi) is 3.48. The lowest BCUT2D eigenvalue weighted by Crippen LogP contribution is -2.12. The van der Waals surface area contributed by atoms with Gasteiger partial charge in [0.25, 0.3) is 0 Å². The van der Waals surface area contributed by atoms with Crippen LogP contribution in [0.4, 0.5) is 13.2 Å². The molecule has 19 heavy (non-hydrogen) atoms. The summed E-state index contributed by atoms with van der Waals surface area (Å²) in [6, 6.07) is 6.23. The first-order valence-electron chi connectivity index (χ1n) is 5.03. The van der Waals surface area contributed by atoms with Gasteiger partial charge in [0.1, 0.15) is 28.1 Å². The predicted molar refractivity (Wildman–Crippen MR) is 60.6 cm³/mol. The zero-order chi connectivity index (χ0) is 14.0. The summed E-state index contributed by atoms with van der Waals surface area (Å²) in [5, 5.41) is 0. The molecule has 3 nitrogen and oxygen atoms in total. The zero-order valence-corrected chi connectivity index (χ0v) is 10.1. The van der Waals surface area contributed by atoms with Gasteiger partial charge < -0.3 is 4.18 Å². The molecule has 0 aliphatic heterocycles. The third-order valence-corrected chi connectivity index (χ3v) is 3.43. The first-order valence-corrected chi connectivity index (χ1v) is 6.44. The Morgan fingerprint density at radius 3 is 2.26 bits per heavy atom. The molecule has 0 fully saturated rings. The van der Waals surface area contributed by atoms with E-state index in [2.05, 4.69) is 4.18 Å². The van der Waals surface area contributed by atoms with Gasteiger partial charge in [-0.05, 0) is 30.3 Å². The molecule has 2 aromatic rings. The maximum absolute atomic E-state index is 13.3. The molecule has 0 amide bonds. The second-order valence-electron chi connectivity index (χ2n) is 3.57. The van der Waals surface area contributed by atoms with Gasteiger partial charge in [0.05, 0.1) is 0 Å². The van der Waals surface area contributed by atoms with Gasteiger partial charge in [-0.15, -0.1) is 0 Å². The minimum atomic E-state index is -4.56. The summed E-state index contributed by atoms with van der Waals surface area (Å²) in [4.78, 5) is -0.947. The third kappa shape index (κ3) is 3.05. The molecule has 2 rings (SSSR count). The quantitative estimate of drug-likeness (QED) is 0.816. The van der Waals surface area contributed by atoms with Crippen molar-refractivity contribution in [1.82, 2.24) is 0 Å². The van der Waals surface area contributed by atoms with Gasteiger partial charge in [0, 0.05) is 6.07 Å². The number of hydrogen-bond donors (Lipinski definition) is 0. The van der Waals surface area contributed by atoms with Crippen molar-refractivity contribution in [2.45, 2.75) is 4.90 Å². The fourth-order valence-electron chi connectivity index (χ4n) is 1.36. The molecule has 0 spiro atoms. The van der Waals surface area contributed by atoms with Gasteiger partial charge in [-0.1, -0.05) is 6.07 Å². The maximum Gasteiger partial charge on any atom is 0.342 e. The summed E-state index contributed by atoms with van der Waals surface area (Å²) in [7, 11) is -4.56. The van der Waals surface area contributed by atoms with Crippen molar-refractivity contribution < 1.29 is 25.8 Å². The van der Waals surface area contributed by atoms with Gasteiger partial charge in [0.15, 0.2) is 0 Å². The summed E-state index contributed by atoms with van der Waals surface area (Å²) >= 11 is 0. The molecule has 7 heteroatoms. The van der Waals surface area contributed by atoms with Gasteiger partial charge in [-0.3, -0.25) is 0 Å². The smallest absolute Gasteiger partial charge is 0.342 e.